The molecule has 94 valence electrons. The highest BCUT2D eigenvalue weighted by Gasteiger charge is 2.21. The molecular formula is C13H17BrClNO. The van der Waals surface area contributed by atoms with Crippen molar-refractivity contribution in [3.63, 3.8) is 0 Å². The number of hydrogen-bond donors (Lipinski definition) is 1. The van der Waals surface area contributed by atoms with Crippen LogP contribution in [0.25, 0.3) is 0 Å². The van der Waals surface area contributed by atoms with Crippen molar-refractivity contribution in [2.45, 2.75) is 32.7 Å². The van der Waals surface area contributed by atoms with Crippen LogP contribution in [0.15, 0.2) is 18.2 Å². The maximum atomic E-state index is 12.1. The molecule has 0 aromatic heterocycles. The molecular weight excluding hydrogens is 302 g/mol. The molecule has 0 aliphatic rings. The Labute approximate surface area is 116 Å². The van der Waals surface area contributed by atoms with E-state index in [1.165, 1.54) is 0 Å². The lowest BCUT2D eigenvalue weighted by molar-refractivity contribution is 0.0911. The van der Waals surface area contributed by atoms with Gasteiger partial charge in [-0.05, 0) is 44.9 Å². The number of rotatable bonds is 4. The van der Waals surface area contributed by atoms with Crippen molar-refractivity contribution in [2.75, 3.05) is 5.33 Å². The molecule has 2 nitrogen and oxygen atoms in total. The fourth-order valence-corrected chi connectivity index (χ4v) is 2.68. The number of hydrogen-bond acceptors (Lipinski definition) is 1. The first-order valence-corrected chi connectivity index (χ1v) is 7.00. The average molecular weight is 319 g/mol. The standard InChI is InChI=1S/C13H17BrClNO/c1-9-4-5-10(15)8-11(9)12(17)16-13(2,3)6-7-14/h4-5,8H,6-7H2,1-3H3,(H,16,17). The Balaban J connectivity index is 2.86. The zero-order chi connectivity index (χ0) is 13.1. The molecule has 0 aliphatic heterocycles. The molecule has 1 amide bonds. The minimum atomic E-state index is -0.227. The van der Waals surface area contributed by atoms with E-state index in [0.29, 0.717) is 10.6 Å². The molecule has 0 atom stereocenters. The summed E-state index contributed by atoms with van der Waals surface area (Å²) >= 11 is 9.29. The molecule has 0 heterocycles. The van der Waals surface area contributed by atoms with Gasteiger partial charge in [-0.25, -0.2) is 0 Å². The first kappa shape index (κ1) is 14.5. The monoisotopic (exact) mass is 317 g/mol. The van der Waals surface area contributed by atoms with Gasteiger partial charge in [0.2, 0.25) is 0 Å². The molecule has 0 bridgehead atoms. The van der Waals surface area contributed by atoms with Gasteiger partial charge in [-0.1, -0.05) is 33.6 Å². The number of halogens is 2. The van der Waals surface area contributed by atoms with Gasteiger partial charge in [-0.2, -0.15) is 0 Å². The zero-order valence-corrected chi connectivity index (χ0v) is 12.7. The summed E-state index contributed by atoms with van der Waals surface area (Å²) in [5, 5.41) is 4.45. The molecule has 1 aromatic rings. The third kappa shape index (κ3) is 4.32. The number of carbonyl (C=O) groups excluding carboxylic acids is 1. The number of alkyl halides is 1. The summed E-state index contributed by atoms with van der Waals surface area (Å²) in [5.74, 6) is -0.0732. The van der Waals surface area contributed by atoms with Crippen molar-refractivity contribution in [1.29, 1.82) is 0 Å². The summed E-state index contributed by atoms with van der Waals surface area (Å²) in [5.41, 5.74) is 1.34. The highest BCUT2D eigenvalue weighted by Crippen LogP contribution is 2.17. The van der Waals surface area contributed by atoms with Crippen LogP contribution in [0.2, 0.25) is 5.02 Å². The largest absolute Gasteiger partial charge is 0.347 e. The van der Waals surface area contributed by atoms with Crippen LogP contribution in [0.5, 0.6) is 0 Å². The van der Waals surface area contributed by atoms with Crippen molar-refractivity contribution in [3.8, 4) is 0 Å². The van der Waals surface area contributed by atoms with E-state index in [1.807, 2.05) is 26.8 Å². The molecule has 1 aromatic carbocycles. The normalized spacial score (nSPS) is 11.4. The summed E-state index contributed by atoms with van der Waals surface area (Å²) in [4.78, 5) is 12.1. The lowest BCUT2D eigenvalue weighted by Gasteiger charge is -2.25. The third-order valence-corrected chi connectivity index (χ3v) is 3.25. The molecule has 1 N–H and O–H groups in total. The maximum Gasteiger partial charge on any atom is 0.252 e. The molecule has 0 spiro atoms. The van der Waals surface area contributed by atoms with Gasteiger partial charge in [0.15, 0.2) is 0 Å². The second-order valence-electron chi connectivity index (χ2n) is 4.74. The van der Waals surface area contributed by atoms with Crippen LogP contribution >= 0.6 is 27.5 Å². The molecule has 0 fully saturated rings. The molecule has 17 heavy (non-hydrogen) atoms. The van der Waals surface area contributed by atoms with Gasteiger partial charge >= 0.3 is 0 Å². The van der Waals surface area contributed by atoms with Crippen molar-refractivity contribution < 1.29 is 4.79 Å². The number of amides is 1. The number of aryl methyl sites for hydroxylation is 1. The minimum absolute atomic E-state index is 0.0732. The zero-order valence-electron chi connectivity index (χ0n) is 10.3. The topological polar surface area (TPSA) is 29.1 Å². The molecule has 0 unspecified atom stereocenters. The fourth-order valence-electron chi connectivity index (χ4n) is 1.51. The predicted octanol–water partition coefficient (Wildman–Crippen LogP) is 3.94. The highest BCUT2D eigenvalue weighted by atomic mass is 79.9. The molecule has 1 rings (SSSR count). The SMILES string of the molecule is Cc1ccc(Cl)cc1C(=O)NC(C)(C)CCBr. The van der Waals surface area contributed by atoms with E-state index in [1.54, 1.807) is 12.1 Å². The number of nitrogens with one attached hydrogen (secondary N) is 1. The summed E-state index contributed by atoms with van der Waals surface area (Å²) in [6.07, 6.45) is 0.873. The Hall–Kier alpha value is -0.540. The smallest absolute Gasteiger partial charge is 0.252 e. The van der Waals surface area contributed by atoms with Gasteiger partial charge in [0.05, 0.1) is 0 Å². The molecule has 0 saturated heterocycles. The van der Waals surface area contributed by atoms with Crippen LogP contribution in [0, 0.1) is 6.92 Å². The highest BCUT2D eigenvalue weighted by molar-refractivity contribution is 9.09. The predicted molar refractivity (Wildman–Crippen MR) is 76.1 cm³/mol. The number of carbonyl (C=O) groups is 1. The maximum absolute atomic E-state index is 12.1. The molecule has 0 radical (unpaired) electrons. The van der Waals surface area contributed by atoms with Crippen LogP contribution in [-0.2, 0) is 0 Å². The van der Waals surface area contributed by atoms with E-state index in [0.717, 1.165) is 17.3 Å². The van der Waals surface area contributed by atoms with Crippen molar-refractivity contribution in [1.82, 2.24) is 5.32 Å². The first-order chi connectivity index (χ1) is 7.85. The van der Waals surface area contributed by atoms with E-state index in [4.69, 9.17) is 11.6 Å². The molecule has 0 saturated carbocycles. The van der Waals surface area contributed by atoms with E-state index < -0.39 is 0 Å². The van der Waals surface area contributed by atoms with Gasteiger partial charge < -0.3 is 5.32 Å². The van der Waals surface area contributed by atoms with E-state index >= 15 is 0 Å². The lowest BCUT2D eigenvalue weighted by atomic mass is 10.0. The molecule has 4 heteroatoms. The first-order valence-electron chi connectivity index (χ1n) is 5.50. The van der Waals surface area contributed by atoms with Gasteiger partial charge in [0.1, 0.15) is 0 Å². The fraction of sp³-hybridized carbons (Fsp3) is 0.462. The quantitative estimate of drug-likeness (QED) is 0.837. The Bertz CT molecular complexity index is 418. The minimum Gasteiger partial charge on any atom is -0.347 e. The van der Waals surface area contributed by atoms with Crippen LogP contribution in [-0.4, -0.2) is 16.8 Å². The van der Waals surface area contributed by atoms with E-state index in [9.17, 15) is 4.79 Å². The van der Waals surface area contributed by atoms with Crippen LogP contribution in [0.3, 0.4) is 0 Å². The van der Waals surface area contributed by atoms with Crippen LogP contribution in [0.4, 0.5) is 0 Å². The Kier molecular flexibility index (Phi) is 5.02. The van der Waals surface area contributed by atoms with Gasteiger partial charge in [-0.15, -0.1) is 0 Å². The average Bonchev–Trinajstić information content (AvgIpc) is 2.20. The summed E-state index contributed by atoms with van der Waals surface area (Å²) in [6.45, 7) is 5.92. The summed E-state index contributed by atoms with van der Waals surface area (Å²) < 4.78 is 0. The number of benzene rings is 1. The van der Waals surface area contributed by atoms with Crippen LogP contribution < -0.4 is 5.32 Å². The summed E-state index contributed by atoms with van der Waals surface area (Å²) in [6, 6.07) is 5.35. The van der Waals surface area contributed by atoms with E-state index in [-0.39, 0.29) is 11.4 Å². The summed E-state index contributed by atoms with van der Waals surface area (Å²) in [7, 11) is 0. The second-order valence-corrected chi connectivity index (χ2v) is 5.97. The van der Waals surface area contributed by atoms with Gasteiger partial charge in [0, 0.05) is 21.5 Å². The van der Waals surface area contributed by atoms with E-state index in [2.05, 4.69) is 21.2 Å². The van der Waals surface area contributed by atoms with Crippen molar-refractivity contribution in [3.05, 3.63) is 34.3 Å². The Morgan fingerprint density at radius 3 is 2.71 bits per heavy atom. The molecule has 0 aliphatic carbocycles. The Morgan fingerprint density at radius 1 is 1.47 bits per heavy atom. The lowest BCUT2D eigenvalue weighted by Crippen LogP contribution is -2.43. The van der Waals surface area contributed by atoms with Gasteiger partial charge in [-0.3, -0.25) is 4.79 Å². The van der Waals surface area contributed by atoms with Crippen molar-refractivity contribution in [2.24, 2.45) is 0 Å². The second kappa shape index (κ2) is 5.87. The van der Waals surface area contributed by atoms with Crippen molar-refractivity contribution >= 4 is 33.4 Å². The third-order valence-electron chi connectivity index (χ3n) is 2.62. The van der Waals surface area contributed by atoms with Gasteiger partial charge in [0.25, 0.3) is 5.91 Å². The Morgan fingerprint density at radius 2 is 2.12 bits per heavy atom. The van der Waals surface area contributed by atoms with Crippen LogP contribution in [0.1, 0.15) is 36.2 Å².